The summed E-state index contributed by atoms with van der Waals surface area (Å²) in [6.07, 6.45) is -2.52. The van der Waals surface area contributed by atoms with Crippen LogP contribution in [0.1, 0.15) is 56.2 Å². The average Bonchev–Trinajstić information content (AvgIpc) is 2.85. The quantitative estimate of drug-likeness (QED) is 0.237. The molecule has 10 nitrogen and oxygen atoms in total. The first kappa shape index (κ1) is 30.2. The Bertz CT molecular complexity index is 1060. The van der Waals surface area contributed by atoms with Crippen molar-refractivity contribution in [2.24, 2.45) is 0 Å². The van der Waals surface area contributed by atoms with Crippen molar-refractivity contribution in [3.63, 3.8) is 0 Å². The molecule has 206 valence electrons. The van der Waals surface area contributed by atoms with E-state index in [2.05, 4.69) is 9.97 Å². The summed E-state index contributed by atoms with van der Waals surface area (Å²) in [6.45, 7) is 4.95. The molecule has 0 saturated carbocycles. The third kappa shape index (κ3) is 7.05. The minimum Gasteiger partial charge on any atom is -0.465 e. The molecule has 0 amide bonds. The van der Waals surface area contributed by atoms with Crippen molar-refractivity contribution in [2.45, 2.75) is 45.7 Å². The molecule has 0 aliphatic carbocycles. The lowest BCUT2D eigenvalue weighted by Crippen LogP contribution is -2.30. The van der Waals surface area contributed by atoms with Gasteiger partial charge < -0.3 is 18.9 Å². The number of rotatable bonds is 11. The topological polar surface area (TPSA) is 131 Å². The van der Waals surface area contributed by atoms with Gasteiger partial charge in [0.15, 0.2) is 17.7 Å². The number of aromatic nitrogens is 2. The monoisotopic (exact) mass is 540 g/mol. The molecule has 2 rings (SSSR count). The largest absolute Gasteiger partial charge is 0.465 e. The Balaban J connectivity index is 3.11. The highest BCUT2D eigenvalue weighted by molar-refractivity contribution is 6.05. The highest BCUT2D eigenvalue weighted by Crippen LogP contribution is 2.42. The van der Waals surface area contributed by atoms with E-state index in [0.29, 0.717) is 12.1 Å². The standard InChI is InChI=1S/C25H27F3N2O8/c1-5-35-21(31)18(22(32)36-6-2)15-12-14(25(26,27)28)13-16(17(15)20-29-10-9-11-30-20)19(23(33)37-7-3)24(34)38-8-4/h9-13,18-19H,5-8H2,1-4H3. The molecule has 0 N–H and O–H groups in total. The molecule has 0 aliphatic heterocycles. The summed E-state index contributed by atoms with van der Waals surface area (Å²) < 4.78 is 62.2. The first-order chi connectivity index (χ1) is 18.0. The maximum atomic E-state index is 14.1. The molecule has 0 fully saturated rings. The minimum atomic E-state index is -5.03. The number of halogens is 3. The molecule has 2 aromatic rings. The normalized spacial score (nSPS) is 11.3. The Morgan fingerprint density at radius 3 is 1.34 bits per heavy atom. The van der Waals surface area contributed by atoms with Gasteiger partial charge >= 0.3 is 30.1 Å². The molecular weight excluding hydrogens is 513 g/mol. The van der Waals surface area contributed by atoms with Gasteiger partial charge in [-0.15, -0.1) is 0 Å². The molecule has 0 radical (unpaired) electrons. The number of hydrogen-bond donors (Lipinski definition) is 0. The second kappa shape index (κ2) is 13.5. The number of carbonyl (C=O) groups excluding carboxylic acids is 4. The van der Waals surface area contributed by atoms with Gasteiger partial charge in [0, 0.05) is 18.0 Å². The van der Waals surface area contributed by atoms with Gasteiger partial charge in [-0.25, -0.2) is 9.97 Å². The van der Waals surface area contributed by atoms with E-state index in [1.165, 1.54) is 46.2 Å². The molecule has 1 aromatic carbocycles. The fourth-order valence-corrected chi connectivity index (χ4v) is 3.60. The first-order valence-corrected chi connectivity index (χ1v) is 11.7. The van der Waals surface area contributed by atoms with E-state index in [0.717, 1.165) is 0 Å². The summed E-state index contributed by atoms with van der Waals surface area (Å²) >= 11 is 0. The van der Waals surface area contributed by atoms with E-state index in [9.17, 15) is 32.3 Å². The van der Waals surface area contributed by atoms with E-state index in [1.54, 1.807) is 0 Å². The van der Waals surface area contributed by atoms with Crippen LogP contribution >= 0.6 is 0 Å². The van der Waals surface area contributed by atoms with Crippen LogP contribution in [0.25, 0.3) is 11.4 Å². The predicted octanol–water partition coefficient (Wildman–Crippen LogP) is 3.58. The molecule has 0 bridgehead atoms. The summed E-state index contributed by atoms with van der Waals surface area (Å²) in [5.41, 5.74) is -2.86. The second-order valence-electron chi connectivity index (χ2n) is 7.47. The van der Waals surface area contributed by atoms with Crippen molar-refractivity contribution in [1.29, 1.82) is 0 Å². The molecule has 0 aliphatic rings. The summed E-state index contributed by atoms with van der Waals surface area (Å²) in [5.74, 6) is -9.17. The van der Waals surface area contributed by atoms with E-state index in [-0.39, 0.29) is 37.8 Å². The summed E-state index contributed by atoms with van der Waals surface area (Å²) in [4.78, 5) is 59.8. The van der Waals surface area contributed by atoms with Crippen molar-refractivity contribution in [1.82, 2.24) is 9.97 Å². The molecule has 0 unspecified atom stereocenters. The molecule has 0 spiro atoms. The Kier molecular flexibility index (Phi) is 10.7. The molecule has 0 atom stereocenters. The van der Waals surface area contributed by atoms with E-state index in [1.807, 2.05) is 0 Å². The molecule has 1 heterocycles. The van der Waals surface area contributed by atoms with Crippen LogP contribution in [0.3, 0.4) is 0 Å². The smallest absolute Gasteiger partial charge is 0.416 e. The Labute approximate surface area is 216 Å². The lowest BCUT2D eigenvalue weighted by atomic mass is 9.83. The zero-order valence-corrected chi connectivity index (χ0v) is 21.2. The van der Waals surface area contributed by atoms with Crippen molar-refractivity contribution >= 4 is 23.9 Å². The van der Waals surface area contributed by atoms with Crippen LogP contribution < -0.4 is 0 Å². The van der Waals surface area contributed by atoms with Crippen LogP contribution in [0.4, 0.5) is 13.2 Å². The lowest BCUT2D eigenvalue weighted by molar-refractivity contribution is -0.158. The zero-order chi connectivity index (χ0) is 28.5. The van der Waals surface area contributed by atoms with Crippen LogP contribution in [-0.2, 0) is 44.3 Å². The van der Waals surface area contributed by atoms with Crippen molar-refractivity contribution in [3.8, 4) is 11.4 Å². The van der Waals surface area contributed by atoms with Gasteiger partial charge in [0.1, 0.15) is 0 Å². The molecule has 13 heteroatoms. The maximum Gasteiger partial charge on any atom is 0.416 e. The molecule has 0 saturated heterocycles. The van der Waals surface area contributed by atoms with Gasteiger partial charge in [0.05, 0.1) is 32.0 Å². The minimum absolute atomic E-state index is 0.202. The summed E-state index contributed by atoms with van der Waals surface area (Å²) in [7, 11) is 0. The van der Waals surface area contributed by atoms with Crippen LogP contribution in [0.15, 0.2) is 30.6 Å². The van der Waals surface area contributed by atoms with Gasteiger partial charge in [-0.05, 0) is 57.0 Å². The van der Waals surface area contributed by atoms with Crippen LogP contribution in [0.5, 0.6) is 0 Å². The fraction of sp³-hybridized carbons (Fsp3) is 0.440. The highest BCUT2D eigenvalue weighted by atomic mass is 19.4. The van der Waals surface area contributed by atoms with Crippen LogP contribution in [0, 0.1) is 0 Å². The van der Waals surface area contributed by atoms with E-state index in [4.69, 9.17) is 18.9 Å². The number of benzene rings is 1. The molecular formula is C25H27F3N2O8. The summed E-state index contributed by atoms with van der Waals surface area (Å²) in [6, 6.07) is 2.50. The third-order valence-corrected chi connectivity index (χ3v) is 5.03. The lowest BCUT2D eigenvalue weighted by Gasteiger charge is -2.24. The van der Waals surface area contributed by atoms with Gasteiger partial charge in [0.2, 0.25) is 0 Å². The number of nitrogens with zero attached hydrogens (tertiary/aromatic N) is 2. The Hall–Kier alpha value is -4.03. The Morgan fingerprint density at radius 1 is 0.711 bits per heavy atom. The molecule has 38 heavy (non-hydrogen) atoms. The SMILES string of the molecule is CCOC(=O)C(C(=O)OCC)c1cc(C(F)(F)F)cc(C(C(=O)OCC)C(=O)OCC)c1-c1ncccn1. The molecule has 1 aromatic heterocycles. The number of carbonyl (C=O) groups is 4. The van der Waals surface area contributed by atoms with Gasteiger partial charge in [-0.3, -0.25) is 19.2 Å². The maximum absolute atomic E-state index is 14.1. The van der Waals surface area contributed by atoms with Crippen molar-refractivity contribution < 1.29 is 51.3 Å². The van der Waals surface area contributed by atoms with Gasteiger partial charge in [-0.2, -0.15) is 13.2 Å². The van der Waals surface area contributed by atoms with Gasteiger partial charge in [0.25, 0.3) is 0 Å². The predicted molar refractivity (Wildman–Crippen MR) is 124 cm³/mol. The third-order valence-electron chi connectivity index (χ3n) is 5.03. The Morgan fingerprint density at radius 2 is 1.05 bits per heavy atom. The van der Waals surface area contributed by atoms with Gasteiger partial charge in [-0.1, -0.05) is 0 Å². The zero-order valence-electron chi connectivity index (χ0n) is 21.2. The van der Waals surface area contributed by atoms with Crippen molar-refractivity contribution in [3.05, 3.63) is 47.3 Å². The van der Waals surface area contributed by atoms with Crippen LogP contribution in [0.2, 0.25) is 0 Å². The van der Waals surface area contributed by atoms with Crippen molar-refractivity contribution in [2.75, 3.05) is 26.4 Å². The number of hydrogen-bond acceptors (Lipinski definition) is 10. The van der Waals surface area contributed by atoms with Crippen LogP contribution in [-0.4, -0.2) is 60.3 Å². The van der Waals surface area contributed by atoms with E-state index < -0.39 is 58.6 Å². The average molecular weight is 540 g/mol. The number of alkyl halides is 3. The second-order valence-corrected chi connectivity index (χ2v) is 7.47. The first-order valence-electron chi connectivity index (χ1n) is 11.7. The number of esters is 4. The fourth-order valence-electron chi connectivity index (χ4n) is 3.60. The number of ether oxygens (including phenoxy) is 4. The highest BCUT2D eigenvalue weighted by Gasteiger charge is 2.43. The summed E-state index contributed by atoms with van der Waals surface area (Å²) in [5, 5.41) is 0. The van der Waals surface area contributed by atoms with E-state index >= 15 is 0 Å².